The lowest BCUT2D eigenvalue weighted by Crippen LogP contribution is -2.33. The average Bonchev–Trinajstić information content (AvgIpc) is 2.63. The smallest absolute Gasteiger partial charge is 0.124 e. The molecule has 0 radical (unpaired) electrons. The summed E-state index contributed by atoms with van der Waals surface area (Å²) in [6.07, 6.45) is 2.50. The molecule has 2 aromatic rings. The molecule has 0 atom stereocenters. The Bertz CT molecular complexity index is 666. The summed E-state index contributed by atoms with van der Waals surface area (Å²) in [6, 6.07) is 14.3. The molecule has 1 aliphatic rings. The summed E-state index contributed by atoms with van der Waals surface area (Å²) in [5.41, 5.74) is 3.56. The van der Waals surface area contributed by atoms with Crippen LogP contribution in [0, 0.1) is 12.8 Å². The second-order valence-corrected chi connectivity index (χ2v) is 7.29. The van der Waals surface area contributed by atoms with Gasteiger partial charge in [0.25, 0.3) is 0 Å². The maximum Gasteiger partial charge on any atom is 0.124 e. The van der Waals surface area contributed by atoms with Crippen molar-refractivity contribution in [3.8, 4) is 5.75 Å². The van der Waals surface area contributed by atoms with Gasteiger partial charge in [0, 0.05) is 17.1 Å². The van der Waals surface area contributed by atoms with Crippen molar-refractivity contribution in [3.63, 3.8) is 0 Å². The average molecular weight is 359 g/mol. The second kappa shape index (κ2) is 9.23. The Labute approximate surface area is 155 Å². The highest BCUT2D eigenvalue weighted by molar-refractivity contribution is 6.30. The zero-order valence-corrected chi connectivity index (χ0v) is 15.6. The Kier molecular flexibility index (Phi) is 6.74. The van der Waals surface area contributed by atoms with Gasteiger partial charge in [0.05, 0.1) is 0 Å². The van der Waals surface area contributed by atoms with E-state index in [9.17, 15) is 0 Å². The standard InChI is InChI=1S/C21H27ClN2O/c1-16-2-4-18(5-3-16)15-25-21-7-6-20(22)12-19(21)14-24-13-17-8-10-23-11-9-17/h2-7,12,17,23-24H,8-11,13-15H2,1H3. The van der Waals surface area contributed by atoms with E-state index in [1.165, 1.54) is 24.0 Å². The van der Waals surface area contributed by atoms with E-state index in [2.05, 4.69) is 41.8 Å². The molecule has 2 aromatic carbocycles. The van der Waals surface area contributed by atoms with Crippen LogP contribution in [-0.4, -0.2) is 19.6 Å². The van der Waals surface area contributed by atoms with Crippen LogP contribution in [0.3, 0.4) is 0 Å². The number of halogens is 1. The van der Waals surface area contributed by atoms with Gasteiger partial charge in [-0.25, -0.2) is 0 Å². The Morgan fingerprint density at radius 2 is 1.88 bits per heavy atom. The van der Waals surface area contributed by atoms with Crippen LogP contribution in [0.15, 0.2) is 42.5 Å². The molecule has 1 saturated heterocycles. The fraction of sp³-hybridized carbons (Fsp3) is 0.429. The number of rotatable bonds is 7. The van der Waals surface area contributed by atoms with Crippen LogP contribution in [0.2, 0.25) is 5.02 Å². The van der Waals surface area contributed by atoms with Crippen molar-refractivity contribution < 1.29 is 4.74 Å². The maximum absolute atomic E-state index is 6.19. The number of ether oxygens (including phenoxy) is 1. The molecule has 3 nitrogen and oxygen atoms in total. The highest BCUT2D eigenvalue weighted by Gasteiger charge is 2.13. The van der Waals surface area contributed by atoms with Gasteiger partial charge < -0.3 is 15.4 Å². The first kappa shape index (κ1) is 18.2. The van der Waals surface area contributed by atoms with Crippen molar-refractivity contribution in [2.75, 3.05) is 19.6 Å². The molecule has 0 unspecified atom stereocenters. The third-order valence-electron chi connectivity index (χ3n) is 4.74. The van der Waals surface area contributed by atoms with Gasteiger partial charge >= 0.3 is 0 Å². The topological polar surface area (TPSA) is 33.3 Å². The number of benzene rings is 2. The van der Waals surface area contributed by atoms with Gasteiger partial charge in [-0.05, 0) is 69.1 Å². The Morgan fingerprint density at radius 3 is 2.64 bits per heavy atom. The first-order valence-corrected chi connectivity index (χ1v) is 9.47. The molecule has 0 amide bonds. The van der Waals surface area contributed by atoms with Crippen molar-refractivity contribution in [1.82, 2.24) is 10.6 Å². The largest absolute Gasteiger partial charge is 0.489 e. The summed E-state index contributed by atoms with van der Waals surface area (Å²) in [7, 11) is 0. The van der Waals surface area contributed by atoms with Crippen molar-refractivity contribution in [1.29, 1.82) is 0 Å². The van der Waals surface area contributed by atoms with E-state index in [1.54, 1.807) is 0 Å². The van der Waals surface area contributed by atoms with Crippen LogP contribution >= 0.6 is 11.6 Å². The van der Waals surface area contributed by atoms with Crippen LogP contribution in [-0.2, 0) is 13.2 Å². The molecule has 134 valence electrons. The lowest BCUT2D eigenvalue weighted by atomic mass is 9.98. The van der Waals surface area contributed by atoms with Gasteiger partial charge in [0.2, 0.25) is 0 Å². The van der Waals surface area contributed by atoms with E-state index in [0.29, 0.717) is 6.61 Å². The summed E-state index contributed by atoms with van der Waals surface area (Å²) in [4.78, 5) is 0. The zero-order valence-electron chi connectivity index (χ0n) is 14.9. The van der Waals surface area contributed by atoms with Gasteiger partial charge in [0.15, 0.2) is 0 Å². The maximum atomic E-state index is 6.19. The Morgan fingerprint density at radius 1 is 1.12 bits per heavy atom. The van der Waals surface area contributed by atoms with Crippen molar-refractivity contribution >= 4 is 11.6 Å². The molecule has 1 fully saturated rings. The molecule has 0 saturated carbocycles. The monoisotopic (exact) mass is 358 g/mol. The first-order chi connectivity index (χ1) is 12.2. The lowest BCUT2D eigenvalue weighted by molar-refractivity contribution is 0.301. The molecular weight excluding hydrogens is 332 g/mol. The van der Waals surface area contributed by atoms with Crippen molar-refractivity contribution in [2.45, 2.75) is 32.9 Å². The van der Waals surface area contributed by atoms with Gasteiger partial charge in [-0.3, -0.25) is 0 Å². The van der Waals surface area contributed by atoms with E-state index >= 15 is 0 Å². The van der Waals surface area contributed by atoms with Crippen LogP contribution in [0.1, 0.15) is 29.5 Å². The number of aryl methyl sites for hydroxylation is 1. The minimum atomic E-state index is 0.573. The Hall–Kier alpha value is -1.55. The second-order valence-electron chi connectivity index (χ2n) is 6.85. The quantitative estimate of drug-likeness (QED) is 0.773. The van der Waals surface area contributed by atoms with E-state index in [0.717, 1.165) is 48.4 Å². The number of piperidine rings is 1. The summed E-state index contributed by atoms with van der Waals surface area (Å²) < 4.78 is 6.05. The molecule has 0 aromatic heterocycles. The number of nitrogens with one attached hydrogen (secondary N) is 2. The van der Waals surface area contributed by atoms with Gasteiger partial charge in [-0.2, -0.15) is 0 Å². The summed E-state index contributed by atoms with van der Waals surface area (Å²) >= 11 is 6.19. The molecule has 3 rings (SSSR count). The molecule has 0 aliphatic carbocycles. The third kappa shape index (κ3) is 5.74. The minimum Gasteiger partial charge on any atom is -0.489 e. The van der Waals surface area contributed by atoms with Gasteiger partial charge in [0.1, 0.15) is 12.4 Å². The molecule has 1 heterocycles. The molecule has 0 bridgehead atoms. The zero-order chi connectivity index (χ0) is 17.5. The van der Waals surface area contributed by atoms with E-state index in [-0.39, 0.29) is 0 Å². The van der Waals surface area contributed by atoms with Crippen molar-refractivity contribution in [2.24, 2.45) is 5.92 Å². The SMILES string of the molecule is Cc1ccc(COc2ccc(Cl)cc2CNCC2CCNCC2)cc1. The van der Waals surface area contributed by atoms with Crippen molar-refractivity contribution in [3.05, 3.63) is 64.2 Å². The van der Waals surface area contributed by atoms with E-state index in [1.807, 2.05) is 18.2 Å². The molecular formula is C21H27ClN2O. The van der Waals surface area contributed by atoms with Gasteiger partial charge in [-0.1, -0.05) is 41.4 Å². The highest BCUT2D eigenvalue weighted by Crippen LogP contribution is 2.24. The first-order valence-electron chi connectivity index (χ1n) is 9.09. The Balaban J connectivity index is 1.56. The van der Waals surface area contributed by atoms with Crippen LogP contribution in [0.25, 0.3) is 0 Å². The molecule has 25 heavy (non-hydrogen) atoms. The minimum absolute atomic E-state index is 0.573. The molecule has 0 spiro atoms. The fourth-order valence-corrected chi connectivity index (χ4v) is 3.36. The normalized spacial score (nSPS) is 15.3. The third-order valence-corrected chi connectivity index (χ3v) is 4.98. The van der Waals surface area contributed by atoms with Crippen LogP contribution < -0.4 is 15.4 Å². The van der Waals surface area contributed by atoms with Crippen LogP contribution in [0.4, 0.5) is 0 Å². The molecule has 4 heteroatoms. The van der Waals surface area contributed by atoms with Gasteiger partial charge in [-0.15, -0.1) is 0 Å². The molecule has 2 N–H and O–H groups in total. The number of hydrogen-bond acceptors (Lipinski definition) is 3. The predicted octanol–water partition coefficient (Wildman–Crippen LogP) is 4.32. The van der Waals surface area contributed by atoms with E-state index in [4.69, 9.17) is 16.3 Å². The number of hydrogen-bond donors (Lipinski definition) is 2. The fourth-order valence-electron chi connectivity index (χ4n) is 3.17. The summed E-state index contributed by atoms with van der Waals surface area (Å²) in [6.45, 7) is 6.77. The van der Waals surface area contributed by atoms with E-state index < -0.39 is 0 Å². The summed E-state index contributed by atoms with van der Waals surface area (Å²) in [5, 5.41) is 7.74. The lowest BCUT2D eigenvalue weighted by Gasteiger charge is -2.23. The molecule has 1 aliphatic heterocycles. The highest BCUT2D eigenvalue weighted by atomic mass is 35.5. The predicted molar refractivity (Wildman–Crippen MR) is 104 cm³/mol. The van der Waals surface area contributed by atoms with Crippen LogP contribution in [0.5, 0.6) is 5.75 Å². The summed E-state index contributed by atoms with van der Waals surface area (Å²) in [5.74, 6) is 1.67.